The van der Waals surface area contributed by atoms with Crippen LogP contribution in [-0.4, -0.2) is 21.1 Å². The SMILES string of the molecule is CC(=O)c1ccc(-c2ccc3nc(-c4ccc(C)cc4)c(CCC(=O)N[C@H](C)c4ccccc4)n3c2)cc1. The molecule has 1 N–H and O–H groups in total. The van der Waals surface area contributed by atoms with Gasteiger partial charge in [0.25, 0.3) is 0 Å². The number of aryl methyl sites for hydroxylation is 2. The number of hydrogen-bond donors (Lipinski definition) is 1. The van der Waals surface area contributed by atoms with Gasteiger partial charge in [0.1, 0.15) is 5.65 Å². The zero-order valence-corrected chi connectivity index (χ0v) is 21.9. The fraction of sp³-hybridized carbons (Fsp3) is 0.182. The number of nitrogens with one attached hydrogen (secondary N) is 1. The second kappa shape index (κ2) is 10.9. The van der Waals surface area contributed by atoms with E-state index in [1.807, 2.05) is 73.7 Å². The lowest BCUT2D eigenvalue weighted by Crippen LogP contribution is -2.26. The van der Waals surface area contributed by atoms with Crippen LogP contribution in [0.1, 0.15) is 53.5 Å². The third kappa shape index (κ3) is 5.42. The van der Waals surface area contributed by atoms with E-state index in [1.54, 1.807) is 6.92 Å². The number of Topliss-reactive ketones (excluding diaryl/α,β-unsaturated/α-hetero) is 1. The van der Waals surface area contributed by atoms with Crippen molar-refractivity contribution in [3.63, 3.8) is 0 Å². The maximum Gasteiger partial charge on any atom is 0.220 e. The van der Waals surface area contributed by atoms with Crippen molar-refractivity contribution in [3.05, 3.63) is 120 Å². The summed E-state index contributed by atoms with van der Waals surface area (Å²) in [7, 11) is 0. The van der Waals surface area contributed by atoms with Gasteiger partial charge in [-0.1, -0.05) is 84.4 Å². The molecule has 2 heterocycles. The number of fused-ring (bicyclic) bond motifs is 1. The number of carbonyl (C=O) groups is 2. The van der Waals surface area contributed by atoms with Crippen molar-refractivity contribution in [1.82, 2.24) is 14.7 Å². The predicted octanol–water partition coefficient (Wildman–Crippen LogP) is 6.99. The number of ketones is 1. The number of amides is 1. The first-order valence-electron chi connectivity index (χ1n) is 12.9. The van der Waals surface area contributed by atoms with Gasteiger partial charge in [-0.2, -0.15) is 0 Å². The number of hydrogen-bond acceptors (Lipinski definition) is 3. The Morgan fingerprint density at radius 2 is 1.50 bits per heavy atom. The van der Waals surface area contributed by atoms with Crippen LogP contribution < -0.4 is 5.32 Å². The van der Waals surface area contributed by atoms with Gasteiger partial charge in [0, 0.05) is 23.7 Å². The van der Waals surface area contributed by atoms with Gasteiger partial charge in [-0.25, -0.2) is 4.98 Å². The molecule has 1 amide bonds. The Bertz CT molecular complexity index is 1580. The smallest absolute Gasteiger partial charge is 0.220 e. The van der Waals surface area contributed by atoms with Crippen LogP contribution in [0.4, 0.5) is 0 Å². The summed E-state index contributed by atoms with van der Waals surface area (Å²) in [5.41, 5.74) is 8.73. The van der Waals surface area contributed by atoms with Crippen molar-refractivity contribution in [2.45, 2.75) is 39.7 Å². The summed E-state index contributed by atoms with van der Waals surface area (Å²) >= 11 is 0. The normalized spacial score (nSPS) is 11.9. The first kappa shape index (κ1) is 25.2. The second-order valence-corrected chi connectivity index (χ2v) is 9.75. The van der Waals surface area contributed by atoms with E-state index in [0.29, 0.717) is 18.4 Å². The van der Waals surface area contributed by atoms with Crippen LogP contribution in [0.5, 0.6) is 0 Å². The molecule has 0 spiro atoms. The van der Waals surface area contributed by atoms with E-state index < -0.39 is 0 Å². The van der Waals surface area contributed by atoms with Crippen LogP contribution >= 0.6 is 0 Å². The molecule has 0 radical (unpaired) electrons. The van der Waals surface area contributed by atoms with E-state index in [-0.39, 0.29) is 17.7 Å². The summed E-state index contributed by atoms with van der Waals surface area (Å²) in [6.45, 7) is 5.64. The Morgan fingerprint density at radius 1 is 0.842 bits per heavy atom. The third-order valence-electron chi connectivity index (χ3n) is 6.93. The highest BCUT2D eigenvalue weighted by Gasteiger charge is 2.17. The fourth-order valence-corrected chi connectivity index (χ4v) is 4.71. The van der Waals surface area contributed by atoms with Gasteiger partial charge >= 0.3 is 0 Å². The quantitative estimate of drug-likeness (QED) is 0.233. The molecule has 190 valence electrons. The summed E-state index contributed by atoms with van der Waals surface area (Å²) < 4.78 is 2.09. The van der Waals surface area contributed by atoms with E-state index >= 15 is 0 Å². The van der Waals surface area contributed by atoms with Crippen LogP contribution in [0, 0.1) is 6.92 Å². The van der Waals surface area contributed by atoms with Gasteiger partial charge < -0.3 is 9.72 Å². The van der Waals surface area contributed by atoms with Crippen molar-refractivity contribution in [2.24, 2.45) is 0 Å². The van der Waals surface area contributed by atoms with Gasteiger partial charge in [-0.05, 0) is 56.0 Å². The summed E-state index contributed by atoms with van der Waals surface area (Å²) in [6, 6.07) is 29.9. The minimum atomic E-state index is -0.0629. The van der Waals surface area contributed by atoms with Crippen molar-refractivity contribution >= 4 is 17.3 Å². The third-order valence-corrected chi connectivity index (χ3v) is 6.93. The lowest BCUT2D eigenvalue weighted by Gasteiger charge is -2.14. The topological polar surface area (TPSA) is 63.5 Å². The maximum atomic E-state index is 13.0. The first-order chi connectivity index (χ1) is 18.4. The summed E-state index contributed by atoms with van der Waals surface area (Å²) in [6.07, 6.45) is 2.97. The monoisotopic (exact) mass is 501 g/mol. The van der Waals surface area contributed by atoms with Crippen molar-refractivity contribution < 1.29 is 9.59 Å². The average molecular weight is 502 g/mol. The molecule has 0 saturated heterocycles. The van der Waals surface area contributed by atoms with Gasteiger partial charge in [-0.3, -0.25) is 9.59 Å². The lowest BCUT2D eigenvalue weighted by molar-refractivity contribution is -0.121. The van der Waals surface area contributed by atoms with Crippen molar-refractivity contribution in [1.29, 1.82) is 0 Å². The van der Waals surface area contributed by atoms with Crippen LogP contribution in [0.3, 0.4) is 0 Å². The Morgan fingerprint density at radius 3 is 2.18 bits per heavy atom. The van der Waals surface area contributed by atoms with Crippen LogP contribution in [0.15, 0.2) is 97.2 Å². The highest BCUT2D eigenvalue weighted by atomic mass is 16.1. The number of nitrogens with zero attached hydrogens (tertiary/aromatic N) is 2. The molecule has 1 atom stereocenters. The molecular weight excluding hydrogens is 470 g/mol. The molecule has 5 rings (SSSR count). The Labute approximate surface area is 223 Å². The number of benzene rings is 3. The number of imidazole rings is 1. The molecule has 5 aromatic rings. The number of rotatable bonds is 8. The molecule has 0 saturated carbocycles. The van der Waals surface area contributed by atoms with Crippen LogP contribution in [0.2, 0.25) is 0 Å². The maximum absolute atomic E-state index is 13.0. The minimum Gasteiger partial charge on any atom is -0.350 e. The molecule has 5 nitrogen and oxygen atoms in total. The molecule has 0 aliphatic heterocycles. The zero-order chi connectivity index (χ0) is 26.6. The Hall–Kier alpha value is -4.51. The van der Waals surface area contributed by atoms with E-state index in [4.69, 9.17) is 4.98 Å². The van der Waals surface area contributed by atoms with Crippen LogP contribution in [-0.2, 0) is 11.2 Å². The lowest BCUT2D eigenvalue weighted by atomic mass is 10.0. The zero-order valence-electron chi connectivity index (χ0n) is 21.9. The Balaban J connectivity index is 1.47. The number of pyridine rings is 1. The van der Waals surface area contributed by atoms with Gasteiger partial charge in [0.2, 0.25) is 5.91 Å². The molecule has 2 aromatic heterocycles. The standard InChI is InChI=1S/C33H31N3O2/c1-22-9-11-28(12-10-22)33-30(18-20-32(38)34-23(2)25-7-5-4-6-8-25)36-21-29(17-19-31(36)35-33)27-15-13-26(14-16-27)24(3)37/h4-17,19,21,23H,18,20H2,1-3H3,(H,34,38)/t23-/m1/s1. The summed E-state index contributed by atoms with van der Waals surface area (Å²) in [4.78, 5) is 29.6. The molecular formula is C33H31N3O2. The number of aromatic nitrogens is 2. The highest BCUT2D eigenvalue weighted by molar-refractivity contribution is 5.94. The molecule has 0 aliphatic rings. The fourth-order valence-electron chi connectivity index (χ4n) is 4.71. The molecule has 0 bridgehead atoms. The average Bonchev–Trinajstić information content (AvgIpc) is 3.30. The minimum absolute atomic E-state index is 0.00198. The molecule has 3 aromatic carbocycles. The summed E-state index contributed by atoms with van der Waals surface area (Å²) in [5.74, 6) is 0.0497. The molecule has 5 heteroatoms. The van der Waals surface area contributed by atoms with Crippen molar-refractivity contribution in [2.75, 3.05) is 0 Å². The van der Waals surface area contributed by atoms with Crippen LogP contribution in [0.25, 0.3) is 28.0 Å². The van der Waals surface area contributed by atoms with Gasteiger partial charge in [0.05, 0.1) is 17.4 Å². The van der Waals surface area contributed by atoms with E-state index in [2.05, 4.69) is 47.1 Å². The van der Waals surface area contributed by atoms with Crippen molar-refractivity contribution in [3.8, 4) is 22.4 Å². The first-order valence-corrected chi connectivity index (χ1v) is 12.9. The van der Waals surface area contributed by atoms with Gasteiger partial charge in [0.15, 0.2) is 5.78 Å². The van der Waals surface area contributed by atoms with Gasteiger partial charge in [-0.15, -0.1) is 0 Å². The van der Waals surface area contributed by atoms with E-state index in [9.17, 15) is 9.59 Å². The molecule has 0 aliphatic carbocycles. The molecule has 0 unspecified atom stereocenters. The Kier molecular flexibility index (Phi) is 7.18. The predicted molar refractivity (Wildman–Crippen MR) is 152 cm³/mol. The molecule has 38 heavy (non-hydrogen) atoms. The largest absolute Gasteiger partial charge is 0.350 e. The second-order valence-electron chi connectivity index (χ2n) is 9.75. The summed E-state index contributed by atoms with van der Waals surface area (Å²) in [5, 5.41) is 3.13. The highest BCUT2D eigenvalue weighted by Crippen LogP contribution is 2.29. The van der Waals surface area contributed by atoms with E-state index in [1.165, 1.54) is 5.56 Å². The van der Waals surface area contributed by atoms with E-state index in [0.717, 1.165) is 39.3 Å². The number of carbonyl (C=O) groups excluding carboxylic acids is 2. The molecule has 0 fully saturated rings.